The number of hydrogen-bond donors (Lipinski definition) is 1. The number of hydrogen-bond acceptors (Lipinski definition) is 5. The van der Waals surface area contributed by atoms with Crippen molar-refractivity contribution >= 4 is 27.8 Å². The second-order valence-corrected chi connectivity index (χ2v) is 6.65. The van der Waals surface area contributed by atoms with Crippen LogP contribution < -0.4 is 5.32 Å². The lowest BCUT2D eigenvalue weighted by Crippen LogP contribution is -1.98. The highest BCUT2D eigenvalue weighted by Gasteiger charge is 2.09. The number of thiazole rings is 2. The quantitative estimate of drug-likeness (QED) is 0.858. The van der Waals surface area contributed by atoms with Crippen LogP contribution in [-0.4, -0.2) is 16.5 Å². The standard InChI is InChI=1S/C13H19N3S2/c1-4-5-14-13-16-10(8-17-13)11-7-15-12(18-11)6-9(2)3/h7-9H,4-6H2,1-3H3,(H,14,16). The first kappa shape index (κ1) is 13.5. The van der Waals surface area contributed by atoms with Gasteiger partial charge in [-0.2, -0.15) is 0 Å². The molecule has 1 N–H and O–H groups in total. The first-order valence-electron chi connectivity index (χ1n) is 6.33. The lowest BCUT2D eigenvalue weighted by Gasteiger charge is -1.98. The first-order chi connectivity index (χ1) is 8.69. The summed E-state index contributed by atoms with van der Waals surface area (Å²) in [6.45, 7) is 7.57. The van der Waals surface area contributed by atoms with Crippen LogP contribution in [0.5, 0.6) is 0 Å². The molecule has 0 unspecified atom stereocenters. The van der Waals surface area contributed by atoms with Crippen molar-refractivity contribution in [1.29, 1.82) is 0 Å². The number of anilines is 1. The molecule has 0 aliphatic heterocycles. The van der Waals surface area contributed by atoms with E-state index in [2.05, 4.69) is 41.4 Å². The van der Waals surface area contributed by atoms with Crippen LogP contribution in [0.3, 0.4) is 0 Å². The molecule has 0 aliphatic rings. The van der Waals surface area contributed by atoms with E-state index in [1.807, 2.05) is 6.20 Å². The van der Waals surface area contributed by atoms with Crippen LogP contribution >= 0.6 is 22.7 Å². The normalized spacial score (nSPS) is 11.1. The minimum Gasteiger partial charge on any atom is -0.362 e. The average Bonchev–Trinajstić information content (AvgIpc) is 2.94. The number of aromatic nitrogens is 2. The molecule has 0 atom stereocenters. The molecule has 0 saturated heterocycles. The molecular formula is C13H19N3S2. The fourth-order valence-corrected chi connectivity index (χ4v) is 3.48. The Bertz CT molecular complexity index is 488. The molecule has 2 aromatic rings. The topological polar surface area (TPSA) is 37.8 Å². The van der Waals surface area contributed by atoms with Crippen LogP contribution in [-0.2, 0) is 6.42 Å². The Kier molecular flexibility index (Phi) is 4.72. The molecule has 0 radical (unpaired) electrons. The Morgan fingerprint density at radius 1 is 1.39 bits per heavy atom. The van der Waals surface area contributed by atoms with Crippen molar-refractivity contribution in [2.75, 3.05) is 11.9 Å². The van der Waals surface area contributed by atoms with Gasteiger partial charge in [0, 0.05) is 24.5 Å². The molecule has 0 fully saturated rings. The summed E-state index contributed by atoms with van der Waals surface area (Å²) in [5.74, 6) is 0.654. The van der Waals surface area contributed by atoms with Gasteiger partial charge in [0.05, 0.1) is 15.6 Å². The van der Waals surface area contributed by atoms with Crippen LogP contribution in [0.4, 0.5) is 5.13 Å². The number of nitrogens with one attached hydrogen (secondary N) is 1. The maximum absolute atomic E-state index is 4.59. The smallest absolute Gasteiger partial charge is 0.183 e. The van der Waals surface area contributed by atoms with E-state index in [0.717, 1.165) is 30.2 Å². The van der Waals surface area contributed by atoms with Crippen molar-refractivity contribution in [3.05, 3.63) is 16.6 Å². The Morgan fingerprint density at radius 3 is 2.94 bits per heavy atom. The van der Waals surface area contributed by atoms with Gasteiger partial charge in [0.2, 0.25) is 0 Å². The van der Waals surface area contributed by atoms with Gasteiger partial charge in [-0.1, -0.05) is 20.8 Å². The summed E-state index contributed by atoms with van der Waals surface area (Å²) < 4.78 is 0. The van der Waals surface area contributed by atoms with E-state index in [4.69, 9.17) is 0 Å². The third kappa shape index (κ3) is 3.53. The maximum atomic E-state index is 4.59. The zero-order valence-electron chi connectivity index (χ0n) is 11.1. The first-order valence-corrected chi connectivity index (χ1v) is 8.03. The fraction of sp³-hybridized carbons (Fsp3) is 0.538. The third-order valence-corrected chi connectivity index (χ3v) is 4.26. The molecule has 0 spiro atoms. The van der Waals surface area contributed by atoms with Crippen molar-refractivity contribution in [1.82, 2.24) is 9.97 Å². The predicted molar refractivity (Wildman–Crippen MR) is 80.5 cm³/mol. The van der Waals surface area contributed by atoms with Gasteiger partial charge >= 0.3 is 0 Å². The molecule has 0 saturated carbocycles. The summed E-state index contributed by atoms with van der Waals surface area (Å²) in [4.78, 5) is 10.2. The van der Waals surface area contributed by atoms with E-state index in [9.17, 15) is 0 Å². The average molecular weight is 281 g/mol. The summed E-state index contributed by atoms with van der Waals surface area (Å²) in [5, 5.41) is 7.63. The van der Waals surface area contributed by atoms with E-state index in [1.165, 1.54) is 9.88 Å². The van der Waals surface area contributed by atoms with Crippen LogP contribution in [0, 0.1) is 5.92 Å². The van der Waals surface area contributed by atoms with Crippen molar-refractivity contribution in [2.24, 2.45) is 5.92 Å². The third-order valence-electron chi connectivity index (χ3n) is 2.42. The van der Waals surface area contributed by atoms with Gasteiger partial charge in [-0.05, 0) is 12.3 Å². The van der Waals surface area contributed by atoms with E-state index in [-0.39, 0.29) is 0 Å². The van der Waals surface area contributed by atoms with Gasteiger partial charge < -0.3 is 5.32 Å². The van der Waals surface area contributed by atoms with Crippen molar-refractivity contribution in [3.63, 3.8) is 0 Å². The van der Waals surface area contributed by atoms with E-state index in [0.29, 0.717) is 5.92 Å². The highest BCUT2D eigenvalue weighted by Crippen LogP contribution is 2.30. The Morgan fingerprint density at radius 2 is 2.22 bits per heavy atom. The van der Waals surface area contributed by atoms with Crippen LogP contribution in [0.1, 0.15) is 32.2 Å². The van der Waals surface area contributed by atoms with Gasteiger partial charge in [0.25, 0.3) is 0 Å². The Balaban J connectivity index is 2.06. The Hall–Kier alpha value is -0.940. The minimum absolute atomic E-state index is 0.654. The van der Waals surface area contributed by atoms with Crippen LogP contribution in [0.2, 0.25) is 0 Å². The lowest BCUT2D eigenvalue weighted by molar-refractivity contribution is 0.644. The van der Waals surface area contributed by atoms with Gasteiger partial charge in [0.1, 0.15) is 0 Å². The van der Waals surface area contributed by atoms with Crippen LogP contribution in [0.25, 0.3) is 10.6 Å². The highest BCUT2D eigenvalue weighted by molar-refractivity contribution is 7.16. The number of rotatable bonds is 6. The fourth-order valence-electron chi connectivity index (χ4n) is 1.57. The van der Waals surface area contributed by atoms with E-state index < -0.39 is 0 Å². The maximum Gasteiger partial charge on any atom is 0.183 e. The molecule has 3 nitrogen and oxygen atoms in total. The zero-order chi connectivity index (χ0) is 13.0. The SMILES string of the molecule is CCCNc1nc(-c2cnc(CC(C)C)s2)cs1. The molecule has 0 aliphatic carbocycles. The Labute approximate surface area is 116 Å². The molecule has 0 bridgehead atoms. The van der Waals surface area contributed by atoms with Gasteiger partial charge in [-0.25, -0.2) is 9.97 Å². The number of nitrogens with zero attached hydrogens (tertiary/aromatic N) is 2. The molecule has 2 rings (SSSR count). The highest BCUT2D eigenvalue weighted by atomic mass is 32.1. The summed E-state index contributed by atoms with van der Waals surface area (Å²) in [5.41, 5.74) is 1.05. The van der Waals surface area contributed by atoms with Gasteiger partial charge in [-0.15, -0.1) is 22.7 Å². The molecule has 2 heterocycles. The summed E-state index contributed by atoms with van der Waals surface area (Å²) in [7, 11) is 0. The summed E-state index contributed by atoms with van der Waals surface area (Å²) in [6.07, 6.45) is 4.12. The summed E-state index contributed by atoms with van der Waals surface area (Å²) >= 11 is 3.42. The second-order valence-electron chi connectivity index (χ2n) is 4.68. The van der Waals surface area contributed by atoms with Crippen LogP contribution in [0.15, 0.2) is 11.6 Å². The zero-order valence-corrected chi connectivity index (χ0v) is 12.7. The van der Waals surface area contributed by atoms with Crippen molar-refractivity contribution in [2.45, 2.75) is 33.6 Å². The molecular weight excluding hydrogens is 262 g/mol. The second kappa shape index (κ2) is 6.29. The minimum atomic E-state index is 0.654. The lowest BCUT2D eigenvalue weighted by atomic mass is 10.1. The van der Waals surface area contributed by atoms with E-state index >= 15 is 0 Å². The molecule has 0 amide bonds. The largest absolute Gasteiger partial charge is 0.362 e. The van der Waals surface area contributed by atoms with Gasteiger partial charge in [-0.3, -0.25) is 0 Å². The van der Waals surface area contributed by atoms with Crippen molar-refractivity contribution < 1.29 is 0 Å². The monoisotopic (exact) mass is 281 g/mol. The molecule has 98 valence electrons. The van der Waals surface area contributed by atoms with E-state index in [1.54, 1.807) is 22.7 Å². The molecule has 5 heteroatoms. The van der Waals surface area contributed by atoms with Crippen molar-refractivity contribution in [3.8, 4) is 10.6 Å². The van der Waals surface area contributed by atoms with Gasteiger partial charge in [0.15, 0.2) is 5.13 Å². The summed E-state index contributed by atoms with van der Waals surface area (Å²) in [6, 6.07) is 0. The molecule has 2 aromatic heterocycles. The predicted octanol–water partition coefficient (Wildman–Crippen LogP) is 4.29. The molecule has 0 aromatic carbocycles. The molecule has 18 heavy (non-hydrogen) atoms.